The third-order valence-electron chi connectivity index (χ3n) is 5.18. The summed E-state index contributed by atoms with van der Waals surface area (Å²) in [5.41, 5.74) is 5.81. The van der Waals surface area contributed by atoms with Crippen LogP contribution in [0.25, 0.3) is 22.3 Å². The number of halogens is 2. The van der Waals surface area contributed by atoms with Crippen LogP contribution in [0.2, 0.25) is 5.02 Å². The van der Waals surface area contributed by atoms with Gasteiger partial charge in [-0.2, -0.15) is 0 Å². The zero-order valence-corrected chi connectivity index (χ0v) is 19.1. The van der Waals surface area contributed by atoms with Gasteiger partial charge < -0.3 is 14.6 Å². The smallest absolute Gasteiger partial charge is 0.165 e. The molecule has 0 saturated carbocycles. The molecular weight excluding hydrogens is 415 g/mol. The van der Waals surface area contributed by atoms with Crippen LogP contribution < -0.4 is 9.47 Å². The first-order chi connectivity index (χ1) is 14.7. The van der Waals surface area contributed by atoms with Crippen LogP contribution in [0.1, 0.15) is 25.0 Å². The minimum atomic E-state index is -0.447. The van der Waals surface area contributed by atoms with Crippen molar-refractivity contribution in [1.82, 2.24) is 0 Å². The van der Waals surface area contributed by atoms with E-state index in [0.717, 1.165) is 33.4 Å². The van der Waals surface area contributed by atoms with E-state index in [2.05, 4.69) is 0 Å². The van der Waals surface area contributed by atoms with Gasteiger partial charge in [-0.15, -0.1) is 0 Å². The van der Waals surface area contributed by atoms with E-state index in [1.165, 1.54) is 6.07 Å². The number of allylic oxidation sites excluding steroid dienone is 1. The molecule has 3 nitrogen and oxygen atoms in total. The number of methoxy groups -OCH3 is 1. The van der Waals surface area contributed by atoms with Gasteiger partial charge in [0.25, 0.3) is 0 Å². The number of phenols is 1. The Bertz CT molecular complexity index is 1130. The van der Waals surface area contributed by atoms with Gasteiger partial charge in [-0.05, 0) is 74.7 Å². The summed E-state index contributed by atoms with van der Waals surface area (Å²) in [7, 11) is 1.59. The van der Waals surface area contributed by atoms with Crippen LogP contribution in [0.3, 0.4) is 0 Å². The molecule has 0 heterocycles. The van der Waals surface area contributed by atoms with Crippen LogP contribution in [0.5, 0.6) is 17.2 Å². The second-order valence-electron chi connectivity index (χ2n) is 7.63. The maximum absolute atomic E-state index is 14.8. The van der Waals surface area contributed by atoms with Crippen LogP contribution >= 0.6 is 11.6 Å². The number of aromatic hydroxyl groups is 1. The number of hydrogen-bond donors (Lipinski definition) is 1. The quantitative estimate of drug-likeness (QED) is 0.403. The molecule has 0 aliphatic carbocycles. The Balaban J connectivity index is 2.11. The molecule has 3 rings (SSSR count). The molecule has 162 valence electrons. The molecular formula is C26H26ClFO3. The maximum Gasteiger partial charge on any atom is 0.165 e. The number of benzene rings is 3. The predicted molar refractivity (Wildman–Crippen MR) is 125 cm³/mol. The average molecular weight is 441 g/mol. The van der Waals surface area contributed by atoms with Crippen molar-refractivity contribution >= 4 is 11.6 Å². The van der Waals surface area contributed by atoms with E-state index in [4.69, 9.17) is 21.1 Å². The predicted octanol–water partition coefficient (Wildman–Crippen LogP) is 7.49. The van der Waals surface area contributed by atoms with Crippen LogP contribution in [0.15, 0.2) is 54.1 Å². The summed E-state index contributed by atoms with van der Waals surface area (Å²) in [6.45, 7) is 8.05. The lowest BCUT2D eigenvalue weighted by Crippen LogP contribution is -2.00. The Morgan fingerprint density at radius 2 is 1.65 bits per heavy atom. The summed E-state index contributed by atoms with van der Waals surface area (Å²) >= 11 is 6.78. The highest BCUT2D eigenvalue weighted by atomic mass is 35.5. The summed E-state index contributed by atoms with van der Waals surface area (Å²) in [6.07, 6.45) is 1.89. The van der Waals surface area contributed by atoms with Crippen molar-refractivity contribution in [3.63, 3.8) is 0 Å². The van der Waals surface area contributed by atoms with Crippen molar-refractivity contribution in [3.05, 3.63) is 76.1 Å². The minimum Gasteiger partial charge on any atom is -0.508 e. The first-order valence-corrected chi connectivity index (χ1v) is 10.3. The largest absolute Gasteiger partial charge is 0.508 e. The molecule has 0 atom stereocenters. The Hall–Kier alpha value is -2.98. The lowest BCUT2D eigenvalue weighted by molar-refractivity contribution is 0.341. The lowest BCUT2D eigenvalue weighted by Gasteiger charge is -2.21. The highest BCUT2D eigenvalue weighted by Gasteiger charge is 2.22. The van der Waals surface area contributed by atoms with Crippen LogP contribution in [-0.4, -0.2) is 18.8 Å². The fraction of sp³-hybridized carbons (Fsp3) is 0.231. The van der Waals surface area contributed by atoms with Crippen molar-refractivity contribution in [3.8, 4) is 39.5 Å². The van der Waals surface area contributed by atoms with Gasteiger partial charge in [0.2, 0.25) is 0 Å². The maximum atomic E-state index is 14.8. The molecule has 3 aromatic carbocycles. The van der Waals surface area contributed by atoms with Crippen LogP contribution in [0.4, 0.5) is 4.39 Å². The van der Waals surface area contributed by atoms with Gasteiger partial charge in [0.1, 0.15) is 18.1 Å². The molecule has 5 heteroatoms. The van der Waals surface area contributed by atoms with E-state index < -0.39 is 5.82 Å². The Kier molecular flexibility index (Phi) is 6.91. The van der Waals surface area contributed by atoms with Crippen molar-refractivity contribution in [2.75, 3.05) is 13.7 Å². The van der Waals surface area contributed by atoms with E-state index in [1.54, 1.807) is 37.4 Å². The summed E-state index contributed by atoms with van der Waals surface area (Å²) < 4.78 is 26.0. The van der Waals surface area contributed by atoms with Crippen LogP contribution in [-0.2, 0) is 0 Å². The van der Waals surface area contributed by atoms with Gasteiger partial charge in [0, 0.05) is 16.7 Å². The molecule has 0 bridgehead atoms. The zero-order valence-electron chi connectivity index (χ0n) is 18.3. The normalized spacial score (nSPS) is 10.7. The average Bonchev–Trinajstić information content (AvgIpc) is 2.73. The van der Waals surface area contributed by atoms with E-state index in [-0.39, 0.29) is 11.5 Å². The van der Waals surface area contributed by atoms with E-state index in [9.17, 15) is 9.50 Å². The fourth-order valence-corrected chi connectivity index (χ4v) is 3.92. The number of hydrogen-bond acceptors (Lipinski definition) is 3. The van der Waals surface area contributed by atoms with E-state index >= 15 is 0 Å². The van der Waals surface area contributed by atoms with E-state index in [1.807, 2.05) is 39.8 Å². The van der Waals surface area contributed by atoms with Gasteiger partial charge in [-0.1, -0.05) is 35.4 Å². The molecule has 0 unspecified atom stereocenters. The summed E-state index contributed by atoms with van der Waals surface area (Å²) in [5.74, 6) is 0.557. The van der Waals surface area contributed by atoms with Crippen molar-refractivity contribution in [2.45, 2.75) is 27.7 Å². The van der Waals surface area contributed by atoms with Crippen molar-refractivity contribution in [2.24, 2.45) is 0 Å². The van der Waals surface area contributed by atoms with Gasteiger partial charge >= 0.3 is 0 Å². The zero-order chi connectivity index (χ0) is 22.7. The van der Waals surface area contributed by atoms with Crippen molar-refractivity contribution in [1.29, 1.82) is 0 Å². The summed E-state index contributed by atoms with van der Waals surface area (Å²) in [6, 6.07) is 11.7. The van der Waals surface area contributed by atoms with Gasteiger partial charge in [0.05, 0.1) is 12.1 Å². The second-order valence-corrected chi connectivity index (χ2v) is 8.01. The Labute approximate surface area is 187 Å². The highest BCUT2D eigenvalue weighted by Crippen LogP contribution is 2.46. The molecule has 0 amide bonds. The van der Waals surface area contributed by atoms with Gasteiger partial charge in [-0.3, -0.25) is 0 Å². The summed E-state index contributed by atoms with van der Waals surface area (Å²) in [4.78, 5) is 0. The highest BCUT2D eigenvalue weighted by molar-refractivity contribution is 6.35. The topological polar surface area (TPSA) is 38.7 Å². The van der Waals surface area contributed by atoms with Crippen molar-refractivity contribution < 1.29 is 19.0 Å². The first-order valence-electron chi connectivity index (χ1n) is 9.96. The number of phenolic OH excluding ortho intramolecular Hbond substituents is 1. The molecule has 0 aromatic heterocycles. The molecule has 0 fully saturated rings. The fourth-order valence-electron chi connectivity index (χ4n) is 3.58. The van der Waals surface area contributed by atoms with Gasteiger partial charge in [-0.25, -0.2) is 4.39 Å². The molecule has 0 aliphatic heterocycles. The molecule has 0 saturated heterocycles. The third-order valence-corrected chi connectivity index (χ3v) is 5.65. The Morgan fingerprint density at radius 3 is 2.23 bits per heavy atom. The molecule has 31 heavy (non-hydrogen) atoms. The summed E-state index contributed by atoms with van der Waals surface area (Å²) in [5, 5.41) is 10.2. The Morgan fingerprint density at radius 1 is 1.00 bits per heavy atom. The van der Waals surface area contributed by atoms with Gasteiger partial charge in [0.15, 0.2) is 11.6 Å². The molecule has 0 spiro atoms. The number of rotatable bonds is 6. The monoisotopic (exact) mass is 440 g/mol. The molecule has 0 radical (unpaired) electrons. The van der Waals surface area contributed by atoms with E-state index in [0.29, 0.717) is 22.9 Å². The third kappa shape index (κ3) is 4.70. The second kappa shape index (κ2) is 9.44. The lowest BCUT2D eigenvalue weighted by atomic mass is 9.90. The van der Waals surface area contributed by atoms with Crippen LogP contribution in [0, 0.1) is 19.7 Å². The molecule has 0 aliphatic rings. The minimum absolute atomic E-state index is 0.181. The molecule has 3 aromatic rings. The number of ether oxygens (including phenoxy) is 2. The standard InChI is InChI=1S/C26H26ClFO3/c1-15(2)12-13-31-22-11-8-19(14-21(22)28)24-16(3)25(27)23(17(4)26(24)30-5)18-6-9-20(29)10-7-18/h6-12,14,29H,13H2,1-5H3. The SMILES string of the molecule is COc1c(C)c(-c2ccc(O)cc2)c(Cl)c(C)c1-c1ccc(OCC=C(C)C)c(F)c1. The molecule has 1 N–H and O–H groups in total. The first kappa shape index (κ1) is 22.7.